The molecular weight excluding hydrogens is 459 g/mol. The first-order valence-electron chi connectivity index (χ1n) is 12.2. The van der Waals surface area contributed by atoms with Gasteiger partial charge in [0.25, 0.3) is 0 Å². The summed E-state index contributed by atoms with van der Waals surface area (Å²) < 4.78 is 20.7. The average molecular weight is 489 g/mol. The van der Waals surface area contributed by atoms with Crippen LogP contribution in [0.5, 0.6) is 0 Å². The van der Waals surface area contributed by atoms with Crippen LogP contribution >= 0.6 is 0 Å². The second kappa shape index (κ2) is 10.8. The lowest BCUT2D eigenvalue weighted by Crippen LogP contribution is -2.42. The standard InChI is InChI=1S/C27H29FN6O2/c1-19-29-12-14-34(19)16-21-6-4-20(5-7-21)15-30-27(35)23-3-2-13-33(17-23)18-25-31-26(32-36-25)22-8-10-24(28)11-9-22/h4-12,14,23H,2-3,13,15-18H2,1H3,(H,30,35). The highest BCUT2D eigenvalue weighted by atomic mass is 19.1. The molecule has 0 bridgehead atoms. The first-order chi connectivity index (χ1) is 17.5. The summed E-state index contributed by atoms with van der Waals surface area (Å²) in [7, 11) is 0. The fourth-order valence-corrected chi connectivity index (χ4v) is 4.50. The van der Waals surface area contributed by atoms with Crippen molar-refractivity contribution in [3.63, 3.8) is 0 Å². The van der Waals surface area contributed by atoms with E-state index in [1.54, 1.807) is 18.3 Å². The maximum atomic E-state index is 13.2. The first-order valence-corrected chi connectivity index (χ1v) is 12.2. The van der Waals surface area contributed by atoms with E-state index in [9.17, 15) is 9.18 Å². The van der Waals surface area contributed by atoms with Gasteiger partial charge in [0.15, 0.2) is 0 Å². The summed E-state index contributed by atoms with van der Waals surface area (Å²) in [5.74, 6) is 1.58. The highest BCUT2D eigenvalue weighted by Gasteiger charge is 2.26. The van der Waals surface area contributed by atoms with E-state index in [4.69, 9.17) is 4.52 Å². The predicted octanol–water partition coefficient (Wildman–Crippen LogP) is 3.96. The lowest BCUT2D eigenvalue weighted by molar-refractivity contribution is -0.127. The second-order valence-corrected chi connectivity index (χ2v) is 9.23. The van der Waals surface area contributed by atoms with E-state index in [1.807, 2.05) is 13.1 Å². The number of hydrogen-bond acceptors (Lipinski definition) is 6. The first kappa shape index (κ1) is 23.9. The van der Waals surface area contributed by atoms with Crippen molar-refractivity contribution in [1.29, 1.82) is 0 Å². The van der Waals surface area contributed by atoms with Crippen molar-refractivity contribution in [3.8, 4) is 11.4 Å². The maximum absolute atomic E-state index is 13.2. The number of piperidine rings is 1. The van der Waals surface area contributed by atoms with Gasteiger partial charge in [-0.3, -0.25) is 9.69 Å². The molecule has 1 aliphatic rings. The zero-order chi connectivity index (χ0) is 24.9. The molecule has 4 aromatic rings. The lowest BCUT2D eigenvalue weighted by Gasteiger charge is -2.30. The fourth-order valence-electron chi connectivity index (χ4n) is 4.50. The van der Waals surface area contributed by atoms with Crippen LogP contribution in [0.1, 0.15) is 35.7 Å². The molecule has 5 rings (SSSR count). The highest BCUT2D eigenvalue weighted by molar-refractivity contribution is 5.79. The third-order valence-corrected chi connectivity index (χ3v) is 6.57. The zero-order valence-electron chi connectivity index (χ0n) is 20.2. The SMILES string of the molecule is Cc1nccn1Cc1ccc(CNC(=O)C2CCCN(Cc3nc(-c4ccc(F)cc4)no3)C2)cc1. The highest BCUT2D eigenvalue weighted by Crippen LogP contribution is 2.21. The van der Waals surface area contributed by atoms with E-state index in [0.717, 1.165) is 37.3 Å². The van der Waals surface area contributed by atoms with Gasteiger partial charge in [-0.15, -0.1) is 0 Å². The maximum Gasteiger partial charge on any atom is 0.241 e. The molecule has 2 aromatic carbocycles. The molecule has 1 atom stereocenters. The summed E-state index contributed by atoms with van der Waals surface area (Å²) in [6, 6.07) is 14.3. The number of benzene rings is 2. The van der Waals surface area contributed by atoms with Crippen LogP contribution in [-0.4, -0.2) is 43.6 Å². The van der Waals surface area contributed by atoms with E-state index in [-0.39, 0.29) is 17.6 Å². The monoisotopic (exact) mass is 488 g/mol. The number of nitrogens with zero attached hydrogens (tertiary/aromatic N) is 5. The Kier molecular flexibility index (Phi) is 7.18. The predicted molar refractivity (Wildman–Crippen MR) is 132 cm³/mol. The van der Waals surface area contributed by atoms with Gasteiger partial charge in [-0.05, 0) is 61.7 Å². The van der Waals surface area contributed by atoms with Gasteiger partial charge in [0.1, 0.15) is 11.6 Å². The molecule has 3 heterocycles. The molecule has 8 nitrogen and oxygen atoms in total. The molecule has 1 fully saturated rings. The van der Waals surface area contributed by atoms with Crippen LogP contribution in [0, 0.1) is 18.7 Å². The number of imidazole rings is 1. The van der Waals surface area contributed by atoms with Gasteiger partial charge in [-0.2, -0.15) is 4.98 Å². The summed E-state index contributed by atoms with van der Waals surface area (Å²) in [4.78, 5) is 23.7. The largest absolute Gasteiger partial charge is 0.352 e. The van der Waals surface area contributed by atoms with E-state index in [0.29, 0.717) is 36.9 Å². The van der Waals surface area contributed by atoms with Gasteiger partial charge < -0.3 is 14.4 Å². The molecule has 0 radical (unpaired) electrons. The van der Waals surface area contributed by atoms with Crippen LogP contribution < -0.4 is 5.32 Å². The smallest absolute Gasteiger partial charge is 0.241 e. The van der Waals surface area contributed by atoms with Gasteiger partial charge in [0.2, 0.25) is 17.6 Å². The van der Waals surface area contributed by atoms with Gasteiger partial charge in [0, 0.05) is 37.6 Å². The van der Waals surface area contributed by atoms with Crippen molar-refractivity contribution >= 4 is 5.91 Å². The molecule has 1 unspecified atom stereocenters. The Hall–Kier alpha value is -3.85. The van der Waals surface area contributed by atoms with E-state index < -0.39 is 0 Å². The molecule has 1 N–H and O–H groups in total. The number of nitrogens with one attached hydrogen (secondary N) is 1. The Morgan fingerprint density at radius 2 is 1.89 bits per heavy atom. The fraction of sp³-hybridized carbons (Fsp3) is 0.333. The van der Waals surface area contributed by atoms with Crippen LogP contribution in [-0.2, 0) is 24.4 Å². The van der Waals surface area contributed by atoms with Crippen molar-refractivity contribution in [1.82, 2.24) is 29.9 Å². The molecule has 9 heteroatoms. The number of aryl methyl sites for hydroxylation is 1. The van der Waals surface area contributed by atoms with E-state index in [1.165, 1.54) is 17.7 Å². The molecule has 2 aromatic heterocycles. The number of likely N-dealkylation sites (tertiary alicyclic amines) is 1. The Morgan fingerprint density at radius 3 is 2.64 bits per heavy atom. The van der Waals surface area contributed by atoms with Crippen molar-refractivity contribution < 1.29 is 13.7 Å². The Balaban J connectivity index is 1.11. The van der Waals surface area contributed by atoms with Crippen LogP contribution in [0.4, 0.5) is 4.39 Å². The number of amides is 1. The van der Waals surface area contributed by atoms with Crippen LogP contribution in [0.15, 0.2) is 65.4 Å². The van der Waals surface area contributed by atoms with Gasteiger partial charge >= 0.3 is 0 Å². The van der Waals surface area contributed by atoms with E-state index >= 15 is 0 Å². The third-order valence-electron chi connectivity index (χ3n) is 6.57. The lowest BCUT2D eigenvalue weighted by atomic mass is 9.97. The molecule has 1 amide bonds. The van der Waals surface area contributed by atoms with Crippen molar-refractivity contribution in [2.45, 2.75) is 39.4 Å². The number of carbonyl (C=O) groups is 1. The van der Waals surface area contributed by atoms with E-state index in [2.05, 4.69) is 54.2 Å². The molecule has 1 saturated heterocycles. The number of rotatable bonds is 8. The van der Waals surface area contributed by atoms with Gasteiger partial charge in [-0.1, -0.05) is 29.4 Å². The zero-order valence-corrected chi connectivity index (χ0v) is 20.2. The number of carbonyl (C=O) groups excluding carboxylic acids is 1. The molecule has 0 aliphatic carbocycles. The summed E-state index contributed by atoms with van der Waals surface area (Å²) in [5.41, 5.74) is 2.96. The minimum Gasteiger partial charge on any atom is -0.352 e. The molecule has 1 aliphatic heterocycles. The number of halogens is 1. The molecule has 0 saturated carbocycles. The normalized spacial score (nSPS) is 16.2. The Morgan fingerprint density at radius 1 is 1.11 bits per heavy atom. The molecule has 0 spiro atoms. The Bertz CT molecular complexity index is 1300. The van der Waals surface area contributed by atoms with Crippen molar-refractivity contribution in [2.75, 3.05) is 13.1 Å². The molecule has 36 heavy (non-hydrogen) atoms. The summed E-state index contributed by atoms with van der Waals surface area (Å²) in [5, 5.41) is 7.11. The van der Waals surface area contributed by atoms with Gasteiger partial charge in [0.05, 0.1) is 12.5 Å². The van der Waals surface area contributed by atoms with Crippen molar-refractivity contribution in [2.24, 2.45) is 5.92 Å². The third kappa shape index (κ3) is 5.85. The topological polar surface area (TPSA) is 89.1 Å². The van der Waals surface area contributed by atoms with Crippen molar-refractivity contribution in [3.05, 3.63) is 89.6 Å². The summed E-state index contributed by atoms with van der Waals surface area (Å²) in [6.07, 6.45) is 5.56. The quantitative estimate of drug-likeness (QED) is 0.404. The van der Waals surface area contributed by atoms with Crippen LogP contribution in [0.3, 0.4) is 0 Å². The van der Waals surface area contributed by atoms with Crippen LogP contribution in [0.2, 0.25) is 0 Å². The summed E-state index contributed by atoms with van der Waals surface area (Å²) in [6.45, 7) is 5.27. The van der Waals surface area contributed by atoms with Gasteiger partial charge in [-0.25, -0.2) is 9.37 Å². The number of aromatic nitrogens is 4. The number of hydrogen-bond donors (Lipinski definition) is 1. The molecular formula is C27H29FN6O2. The minimum absolute atomic E-state index is 0.0651. The second-order valence-electron chi connectivity index (χ2n) is 9.23. The molecule has 186 valence electrons. The Labute approximate surface area is 209 Å². The van der Waals surface area contributed by atoms with Crippen LogP contribution in [0.25, 0.3) is 11.4 Å². The summed E-state index contributed by atoms with van der Waals surface area (Å²) >= 11 is 0. The average Bonchev–Trinajstić information content (AvgIpc) is 3.53. The minimum atomic E-state index is -0.308.